The molecule has 0 aromatic heterocycles. The molecule has 0 spiro atoms. The van der Waals surface area contributed by atoms with Gasteiger partial charge in [0.1, 0.15) is 5.75 Å². The van der Waals surface area contributed by atoms with Crippen LogP contribution in [-0.2, 0) is 0 Å². The van der Waals surface area contributed by atoms with Gasteiger partial charge in [-0.05, 0) is 29.8 Å². The Bertz CT molecular complexity index is 690. The molecule has 0 unspecified atom stereocenters. The van der Waals surface area contributed by atoms with Crippen molar-refractivity contribution in [1.29, 1.82) is 0 Å². The lowest BCUT2D eigenvalue weighted by Crippen LogP contribution is -2.00. The lowest BCUT2D eigenvalue weighted by molar-refractivity contribution is -0.385. The second kappa shape index (κ2) is 6.47. The first-order valence-electron chi connectivity index (χ1n) is 6.21. The van der Waals surface area contributed by atoms with Gasteiger partial charge in [-0.3, -0.25) is 14.9 Å². The lowest BCUT2D eigenvalue weighted by Gasteiger charge is -2.00. The highest BCUT2D eigenvalue weighted by atomic mass is 16.6. The number of ketones is 1. The zero-order valence-electron chi connectivity index (χ0n) is 11.4. The largest absolute Gasteiger partial charge is 0.497 e. The fourth-order valence-electron chi connectivity index (χ4n) is 1.82. The average molecular weight is 283 g/mol. The van der Waals surface area contributed by atoms with Gasteiger partial charge in [-0.15, -0.1) is 0 Å². The molecule has 0 atom stereocenters. The van der Waals surface area contributed by atoms with Crippen molar-refractivity contribution in [3.8, 4) is 5.75 Å². The monoisotopic (exact) mass is 283 g/mol. The number of carbonyl (C=O) groups excluding carboxylic acids is 1. The molecule has 0 fully saturated rings. The Kier molecular flexibility index (Phi) is 4.46. The number of hydrogen-bond acceptors (Lipinski definition) is 4. The molecule has 2 rings (SSSR count). The van der Waals surface area contributed by atoms with Crippen molar-refractivity contribution in [1.82, 2.24) is 0 Å². The van der Waals surface area contributed by atoms with Gasteiger partial charge in [-0.2, -0.15) is 0 Å². The zero-order valence-corrected chi connectivity index (χ0v) is 11.4. The van der Waals surface area contributed by atoms with Crippen LogP contribution in [0.5, 0.6) is 5.75 Å². The van der Waals surface area contributed by atoms with Crippen molar-refractivity contribution < 1.29 is 14.5 Å². The molecule has 106 valence electrons. The molecule has 0 radical (unpaired) electrons. The molecular formula is C16H13NO4. The number of benzene rings is 2. The van der Waals surface area contributed by atoms with Gasteiger partial charge >= 0.3 is 0 Å². The van der Waals surface area contributed by atoms with Gasteiger partial charge in [0.2, 0.25) is 0 Å². The molecule has 0 N–H and O–H groups in total. The number of carbonyl (C=O) groups is 1. The average Bonchev–Trinajstić information content (AvgIpc) is 2.53. The number of methoxy groups -OCH3 is 1. The van der Waals surface area contributed by atoms with Crippen LogP contribution < -0.4 is 4.74 Å². The first-order chi connectivity index (χ1) is 10.1. The summed E-state index contributed by atoms with van der Waals surface area (Å²) in [5, 5.41) is 10.9. The van der Waals surface area contributed by atoms with Crippen LogP contribution >= 0.6 is 0 Å². The Morgan fingerprint density at radius 1 is 1.14 bits per heavy atom. The molecule has 0 amide bonds. The summed E-state index contributed by atoms with van der Waals surface area (Å²) in [5.41, 5.74) is 0.692. The van der Waals surface area contributed by atoms with Crippen molar-refractivity contribution in [2.24, 2.45) is 0 Å². The van der Waals surface area contributed by atoms with Crippen LogP contribution in [0, 0.1) is 10.1 Å². The highest BCUT2D eigenvalue weighted by Gasteiger charge is 2.16. The topological polar surface area (TPSA) is 69.4 Å². The molecular weight excluding hydrogens is 270 g/mol. The third-order valence-corrected chi connectivity index (χ3v) is 2.91. The summed E-state index contributed by atoms with van der Waals surface area (Å²) >= 11 is 0. The van der Waals surface area contributed by atoms with E-state index in [0.29, 0.717) is 0 Å². The van der Waals surface area contributed by atoms with E-state index in [0.717, 1.165) is 11.3 Å². The summed E-state index contributed by atoms with van der Waals surface area (Å²) in [4.78, 5) is 22.4. The SMILES string of the molecule is COc1ccc(C=CC(=O)c2ccccc2[N+](=O)[O-])cc1. The number of nitro groups is 1. The van der Waals surface area contributed by atoms with Crippen LogP contribution in [0.3, 0.4) is 0 Å². The highest BCUT2D eigenvalue weighted by Crippen LogP contribution is 2.19. The van der Waals surface area contributed by atoms with Crippen LogP contribution in [-0.4, -0.2) is 17.8 Å². The first-order valence-corrected chi connectivity index (χ1v) is 6.21. The van der Waals surface area contributed by atoms with Crippen LogP contribution in [0.25, 0.3) is 6.08 Å². The van der Waals surface area contributed by atoms with Gasteiger partial charge in [-0.25, -0.2) is 0 Å². The van der Waals surface area contributed by atoms with E-state index < -0.39 is 10.7 Å². The van der Waals surface area contributed by atoms with Gasteiger partial charge in [-0.1, -0.05) is 30.3 Å². The fourth-order valence-corrected chi connectivity index (χ4v) is 1.82. The fraction of sp³-hybridized carbons (Fsp3) is 0.0625. The van der Waals surface area contributed by atoms with Gasteiger partial charge in [0.05, 0.1) is 17.6 Å². The van der Waals surface area contributed by atoms with Gasteiger partial charge in [0.15, 0.2) is 5.78 Å². The first kappa shape index (κ1) is 14.5. The molecule has 0 saturated heterocycles. The second-order valence-electron chi connectivity index (χ2n) is 4.25. The minimum absolute atomic E-state index is 0.0762. The number of nitrogens with zero attached hydrogens (tertiary/aromatic N) is 1. The molecule has 2 aromatic carbocycles. The molecule has 0 saturated carbocycles. The smallest absolute Gasteiger partial charge is 0.280 e. The summed E-state index contributed by atoms with van der Waals surface area (Å²) in [7, 11) is 1.57. The van der Waals surface area contributed by atoms with Crippen molar-refractivity contribution in [2.75, 3.05) is 7.11 Å². The number of hydrogen-bond donors (Lipinski definition) is 0. The number of para-hydroxylation sites is 1. The number of rotatable bonds is 5. The summed E-state index contributed by atoms with van der Waals surface area (Å²) in [5.74, 6) is 0.315. The van der Waals surface area contributed by atoms with Crippen molar-refractivity contribution >= 4 is 17.5 Å². The lowest BCUT2D eigenvalue weighted by atomic mass is 10.1. The van der Waals surface area contributed by atoms with E-state index in [2.05, 4.69) is 0 Å². The summed E-state index contributed by atoms with van der Waals surface area (Å²) in [6.45, 7) is 0. The van der Waals surface area contributed by atoms with E-state index in [1.165, 1.54) is 24.3 Å². The van der Waals surface area contributed by atoms with Crippen LogP contribution in [0.4, 0.5) is 5.69 Å². The van der Waals surface area contributed by atoms with Crippen molar-refractivity contribution in [3.05, 3.63) is 75.8 Å². The Hall–Kier alpha value is -2.95. The van der Waals surface area contributed by atoms with Gasteiger partial charge in [0, 0.05) is 6.07 Å². The van der Waals surface area contributed by atoms with Gasteiger partial charge in [0.25, 0.3) is 5.69 Å². The molecule has 0 bridgehead atoms. The minimum Gasteiger partial charge on any atom is -0.497 e. The maximum atomic E-state index is 12.1. The normalized spacial score (nSPS) is 10.5. The van der Waals surface area contributed by atoms with Crippen LogP contribution in [0.2, 0.25) is 0 Å². The Balaban J connectivity index is 2.21. The Morgan fingerprint density at radius 3 is 2.43 bits per heavy atom. The minimum atomic E-state index is -0.561. The number of allylic oxidation sites excluding steroid dienone is 1. The van der Waals surface area contributed by atoms with Gasteiger partial charge < -0.3 is 4.74 Å². The maximum absolute atomic E-state index is 12.1. The van der Waals surface area contributed by atoms with Crippen LogP contribution in [0.15, 0.2) is 54.6 Å². The third-order valence-electron chi connectivity index (χ3n) is 2.91. The molecule has 0 heterocycles. The van der Waals surface area contributed by atoms with Crippen LogP contribution in [0.1, 0.15) is 15.9 Å². The quantitative estimate of drug-likeness (QED) is 0.364. The van der Waals surface area contributed by atoms with E-state index in [1.54, 1.807) is 43.5 Å². The molecule has 21 heavy (non-hydrogen) atoms. The Labute approximate surface area is 121 Å². The predicted octanol–water partition coefficient (Wildman–Crippen LogP) is 3.50. The molecule has 0 aliphatic heterocycles. The highest BCUT2D eigenvalue weighted by molar-refractivity contribution is 6.09. The van der Waals surface area contributed by atoms with E-state index >= 15 is 0 Å². The second-order valence-corrected chi connectivity index (χ2v) is 4.25. The molecule has 0 aliphatic carbocycles. The summed E-state index contributed by atoms with van der Waals surface area (Å²) in [6.07, 6.45) is 2.93. The van der Waals surface area contributed by atoms with E-state index in [1.807, 2.05) is 0 Å². The van der Waals surface area contributed by atoms with E-state index in [-0.39, 0.29) is 11.3 Å². The Morgan fingerprint density at radius 2 is 1.81 bits per heavy atom. The summed E-state index contributed by atoms with van der Waals surface area (Å²) in [6, 6.07) is 13.0. The molecule has 2 aromatic rings. The predicted molar refractivity (Wildman–Crippen MR) is 79.5 cm³/mol. The summed E-state index contributed by atoms with van der Waals surface area (Å²) < 4.78 is 5.04. The molecule has 0 aliphatic rings. The third kappa shape index (κ3) is 3.54. The van der Waals surface area contributed by atoms with E-state index in [9.17, 15) is 14.9 Å². The van der Waals surface area contributed by atoms with Crippen molar-refractivity contribution in [2.45, 2.75) is 0 Å². The molecule has 5 heteroatoms. The van der Waals surface area contributed by atoms with E-state index in [4.69, 9.17) is 4.74 Å². The van der Waals surface area contributed by atoms with Crippen molar-refractivity contribution in [3.63, 3.8) is 0 Å². The molecule has 5 nitrogen and oxygen atoms in total. The number of nitro benzene ring substituents is 1. The number of ether oxygens (including phenoxy) is 1. The maximum Gasteiger partial charge on any atom is 0.280 e. The zero-order chi connectivity index (χ0) is 15.2. The standard InChI is InChI=1S/C16H13NO4/c1-21-13-9-6-12(7-10-13)8-11-16(18)14-4-2-3-5-15(14)17(19)20/h2-11H,1H3.